The average Bonchev–Trinajstić information content (AvgIpc) is 3.24. The number of tetrazole rings is 1. The number of H-pyrrole nitrogens is 1. The van der Waals surface area contributed by atoms with E-state index in [9.17, 15) is 8.42 Å². The largest absolute Gasteiger partial charge is 0.280 e. The SMILES string of the molecule is O=S(=O)(Nc1cccc(-n2ncc(-c3nn[nH]n3)c2C2CC2)c1)c1ccccc1. The van der Waals surface area contributed by atoms with Crippen LogP contribution in [0.2, 0.25) is 0 Å². The minimum absolute atomic E-state index is 0.211. The van der Waals surface area contributed by atoms with Crippen LogP contribution in [0, 0.1) is 0 Å². The van der Waals surface area contributed by atoms with Crippen LogP contribution in [0.1, 0.15) is 24.5 Å². The van der Waals surface area contributed by atoms with Crippen molar-refractivity contribution in [2.45, 2.75) is 23.7 Å². The summed E-state index contributed by atoms with van der Waals surface area (Å²) in [6.07, 6.45) is 3.85. The molecule has 2 aromatic heterocycles. The molecule has 0 amide bonds. The monoisotopic (exact) mass is 407 g/mol. The van der Waals surface area contributed by atoms with Crippen molar-refractivity contribution in [2.24, 2.45) is 0 Å². The summed E-state index contributed by atoms with van der Waals surface area (Å²) in [6.45, 7) is 0. The highest BCUT2D eigenvalue weighted by molar-refractivity contribution is 7.92. The Balaban J connectivity index is 1.51. The van der Waals surface area contributed by atoms with Crippen LogP contribution in [0.4, 0.5) is 5.69 Å². The predicted octanol–water partition coefficient (Wildman–Crippen LogP) is 2.73. The minimum atomic E-state index is -3.67. The van der Waals surface area contributed by atoms with Gasteiger partial charge in [0.05, 0.1) is 33.7 Å². The van der Waals surface area contributed by atoms with Crippen molar-refractivity contribution in [3.05, 3.63) is 66.5 Å². The molecule has 1 fully saturated rings. The number of benzene rings is 2. The Hall–Kier alpha value is -3.53. The number of nitrogens with one attached hydrogen (secondary N) is 2. The van der Waals surface area contributed by atoms with Crippen LogP contribution in [0.5, 0.6) is 0 Å². The number of aromatic nitrogens is 6. The first kappa shape index (κ1) is 17.6. The quantitative estimate of drug-likeness (QED) is 0.507. The maximum atomic E-state index is 12.6. The maximum Gasteiger partial charge on any atom is 0.261 e. The molecule has 2 heterocycles. The molecule has 29 heavy (non-hydrogen) atoms. The lowest BCUT2D eigenvalue weighted by Gasteiger charge is -2.12. The first-order chi connectivity index (χ1) is 14.1. The second-order valence-corrected chi connectivity index (χ2v) is 8.52. The second kappa shape index (κ2) is 6.82. The summed E-state index contributed by atoms with van der Waals surface area (Å²) >= 11 is 0. The molecular formula is C19H17N7O2S. The van der Waals surface area contributed by atoms with Gasteiger partial charge in [-0.15, -0.1) is 10.2 Å². The first-order valence-electron chi connectivity index (χ1n) is 9.12. The lowest BCUT2D eigenvalue weighted by atomic mass is 10.1. The normalized spacial score (nSPS) is 14.1. The first-order valence-corrected chi connectivity index (χ1v) is 10.6. The van der Waals surface area contributed by atoms with Crippen molar-refractivity contribution in [1.29, 1.82) is 0 Å². The topological polar surface area (TPSA) is 118 Å². The van der Waals surface area contributed by atoms with E-state index in [0.29, 0.717) is 17.4 Å². The molecule has 1 saturated carbocycles. The van der Waals surface area contributed by atoms with Gasteiger partial charge in [-0.05, 0) is 48.4 Å². The van der Waals surface area contributed by atoms with E-state index in [1.54, 1.807) is 54.7 Å². The summed E-state index contributed by atoms with van der Waals surface area (Å²) in [6, 6.07) is 15.4. The van der Waals surface area contributed by atoms with E-state index in [-0.39, 0.29) is 4.90 Å². The van der Waals surface area contributed by atoms with E-state index in [2.05, 4.69) is 30.4 Å². The molecule has 10 heteroatoms. The number of sulfonamides is 1. The van der Waals surface area contributed by atoms with Gasteiger partial charge in [0.15, 0.2) is 0 Å². The van der Waals surface area contributed by atoms with Gasteiger partial charge in [0, 0.05) is 5.92 Å². The van der Waals surface area contributed by atoms with Gasteiger partial charge in [-0.1, -0.05) is 24.3 Å². The molecule has 0 unspecified atom stereocenters. The molecule has 0 radical (unpaired) electrons. The summed E-state index contributed by atoms with van der Waals surface area (Å²) in [5.41, 5.74) is 3.06. The zero-order chi connectivity index (χ0) is 19.8. The zero-order valence-electron chi connectivity index (χ0n) is 15.2. The molecule has 1 aliphatic carbocycles. The Kier molecular flexibility index (Phi) is 4.13. The Bertz CT molecular complexity index is 1250. The summed E-state index contributed by atoms with van der Waals surface area (Å²) in [4.78, 5) is 0.211. The highest BCUT2D eigenvalue weighted by Gasteiger charge is 2.32. The molecule has 2 N–H and O–H groups in total. The second-order valence-electron chi connectivity index (χ2n) is 6.83. The molecule has 0 saturated heterocycles. The third-order valence-corrected chi connectivity index (χ3v) is 6.15. The molecule has 2 aromatic carbocycles. The third-order valence-electron chi connectivity index (χ3n) is 4.75. The third kappa shape index (κ3) is 3.38. The lowest BCUT2D eigenvalue weighted by Crippen LogP contribution is -2.13. The fourth-order valence-electron chi connectivity index (χ4n) is 3.28. The van der Waals surface area contributed by atoms with E-state index >= 15 is 0 Å². The van der Waals surface area contributed by atoms with E-state index in [4.69, 9.17) is 0 Å². The number of hydrogen-bond acceptors (Lipinski definition) is 6. The summed E-state index contributed by atoms with van der Waals surface area (Å²) < 4.78 is 29.7. The van der Waals surface area contributed by atoms with E-state index < -0.39 is 10.0 Å². The Morgan fingerprint density at radius 2 is 1.90 bits per heavy atom. The van der Waals surface area contributed by atoms with Crippen molar-refractivity contribution < 1.29 is 8.42 Å². The molecular weight excluding hydrogens is 390 g/mol. The van der Waals surface area contributed by atoms with Gasteiger partial charge in [0.25, 0.3) is 10.0 Å². The van der Waals surface area contributed by atoms with Gasteiger partial charge < -0.3 is 0 Å². The van der Waals surface area contributed by atoms with Crippen molar-refractivity contribution >= 4 is 15.7 Å². The fourth-order valence-corrected chi connectivity index (χ4v) is 4.35. The molecule has 0 aliphatic heterocycles. The average molecular weight is 407 g/mol. The highest BCUT2D eigenvalue weighted by atomic mass is 32.2. The number of rotatable bonds is 6. The Labute approximate surface area is 166 Å². The molecule has 5 rings (SSSR count). The summed E-state index contributed by atoms with van der Waals surface area (Å²) in [5.74, 6) is 0.870. The van der Waals surface area contributed by atoms with E-state index in [0.717, 1.165) is 29.8 Å². The van der Waals surface area contributed by atoms with E-state index in [1.807, 2.05) is 10.7 Å². The van der Waals surface area contributed by atoms with Crippen molar-refractivity contribution in [3.63, 3.8) is 0 Å². The van der Waals surface area contributed by atoms with Gasteiger partial charge >= 0.3 is 0 Å². The number of aromatic amines is 1. The predicted molar refractivity (Wildman–Crippen MR) is 106 cm³/mol. The zero-order valence-corrected chi connectivity index (χ0v) is 16.0. The van der Waals surface area contributed by atoms with Crippen LogP contribution in [0.3, 0.4) is 0 Å². The van der Waals surface area contributed by atoms with Crippen LogP contribution >= 0.6 is 0 Å². The van der Waals surface area contributed by atoms with Gasteiger partial charge in [-0.25, -0.2) is 13.1 Å². The molecule has 0 spiro atoms. The number of nitrogens with zero attached hydrogens (tertiary/aromatic N) is 5. The van der Waals surface area contributed by atoms with Crippen LogP contribution in [-0.2, 0) is 10.0 Å². The Morgan fingerprint density at radius 1 is 1.07 bits per heavy atom. The number of hydrogen-bond donors (Lipinski definition) is 2. The van der Waals surface area contributed by atoms with Crippen LogP contribution in [0.15, 0.2) is 65.7 Å². The maximum absolute atomic E-state index is 12.6. The van der Waals surface area contributed by atoms with Gasteiger partial charge in [-0.2, -0.15) is 10.3 Å². The molecule has 1 aliphatic rings. The van der Waals surface area contributed by atoms with Gasteiger partial charge in [0.2, 0.25) is 5.82 Å². The molecule has 146 valence electrons. The fraction of sp³-hybridized carbons (Fsp3) is 0.158. The van der Waals surface area contributed by atoms with Crippen molar-refractivity contribution in [2.75, 3.05) is 4.72 Å². The highest BCUT2D eigenvalue weighted by Crippen LogP contribution is 2.44. The smallest absolute Gasteiger partial charge is 0.261 e. The summed E-state index contributed by atoms with van der Waals surface area (Å²) in [7, 11) is -3.67. The van der Waals surface area contributed by atoms with Crippen molar-refractivity contribution in [3.8, 4) is 17.1 Å². The van der Waals surface area contributed by atoms with Crippen LogP contribution < -0.4 is 4.72 Å². The summed E-state index contributed by atoms with van der Waals surface area (Å²) in [5, 5.41) is 18.8. The van der Waals surface area contributed by atoms with E-state index in [1.165, 1.54) is 0 Å². The van der Waals surface area contributed by atoms with Gasteiger partial charge in [0.1, 0.15) is 0 Å². The molecule has 0 atom stereocenters. The van der Waals surface area contributed by atoms with Crippen molar-refractivity contribution in [1.82, 2.24) is 30.4 Å². The minimum Gasteiger partial charge on any atom is -0.280 e. The molecule has 0 bridgehead atoms. The number of anilines is 1. The van der Waals surface area contributed by atoms with Gasteiger partial charge in [-0.3, -0.25) is 4.72 Å². The lowest BCUT2D eigenvalue weighted by molar-refractivity contribution is 0.601. The standard InChI is InChI=1S/C19H17N7O2S/c27-29(28,16-7-2-1-3-8-16)23-14-5-4-6-15(11-14)26-18(13-9-10-13)17(12-20-26)19-21-24-25-22-19/h1-8,11-13,23H,9-10H2,(H,21,22,24,25). The van der Waals surface area contributed by atoms with Crippen LogP contribution in [0.25, 0.3) is 17.1 Å². The molecule has 9 nitrogen and oxygen atoms in total. The Morgan fingerprint density at radius 3 is 2.62 bits per heavy atom. The molecule has 4 aromatic rings. The van der Waals surface area contributed by atoms with Crippen LogP contribution in [-0.4, -0.2) is 38.8 Å².